The summed E-state index contributed by atoms with van der Waals surface area (Å²) in [4.78, 5) is 11.8. The SMILES string of the molecule is N#Cc1ccc(NC(=O)/C=C/c2ccc(Cl)cc2)cc1Cl. The molecule has 0 bridgehead atoms. The van der Waals surface area contributed by atoms with Crippen LogP contribution in [0.5, 0.6) is 0 Å². The summed E-state index contributed by atoms with van der Waals surface area (Å²) >= 11 is 11.7. The number of hydrogen-bond acceptors (Lipinski definition) is 2. The Hall–Kier alpha value is -2.28. The van der Waals surface area contributed by atoms with Crippen LogP contribution < -0.4 is 5.32 Å². The van der Waals surface area contributed by atoms with Crippen molar-refractivity contribution in [3.8, 4) is 6.07 Å². The fourth-order valence-electron chi connectivity index (χ4n) is 1.61. The molecule has 5 heteroatoms. The first-order valence-electron chi connectivity index (χ1n) is 6.03. The van der Waals surface area contributed by atoms with Crippen LogP contribution in [0.3, 0.4) is 0 Å². The Morgan fingerprint density at radius 3 is 2.48 bits per heavy atom. The first-order valence-corrected chi connectivity index (χ1v) is 6.78. The van der Waals surface area contributed by atoms with Crippen LogP contribution in [0.15, 0.2) is 48.5 Å². The van der Waals surface area contributed by atoms with Gasteiger partial charge >= 0.3 is 0 Å². The van der Waals surface area contributed by atoms with Gasteiger partial charge < -0.3 is 5.32 Å². The lowest BCUT2D eigenvalue weighted by molar-refractivity contribution is -0.111. The van der Waals surface area contributed by atoms with Gasteiger partial charge in [0, 0.05) is 16.8 Å². The summed E-state index contributed by atoms with van der Waals surface area (Å²) in [5.74, 6) is -0.286. The maximum Gasteiger partial charge on any atom is 0.248 e. The minimum absolute atomic E-state index is 0.286. The van der Waals surface area contributed by atoms with Crippen molar-refractivity contribution in [1.29, 1.82) is 5.26 Å². The van der Waals surface area contributed by atoms with E-state index >= 15 is 0 Å². The molecule has 0 unspecified atom stereocenters. The molecule has 21 heavy (non-hydrogen) atoms. The van der Waals surface area contributed by atoms with Crippen molar-refractivity contribution in [2.24, 2.45) is 0 Å². The molecule has 0 fully saturated rings. The van der Waals surface area contributed by atoms with E-state index in [1.54, 1.807) is 30.3 Å². The summed E-state index contributed by atoms with van der Waals surface area (Å²) in [7, 11) is 0. The number of halogens is 2. The fourth-order valence-corrected chi connectivity index (χ4v) is 1.96. The number of carbonyl (C=O) groups excluding carboxylic acids is 1. The third-order valence-corrected chi connectivity index (χ3v) is 3.22. The Morgan fingerprint density at radius 1 is 1.14 bits per heavy atom. The molecule has 0 radical (unpaired) electrons. The zero-order valence-corrected chi connectivity index (χ0v) is 12.3. The third-order valence-electron chi connectivity index (χ3n) is 2.65. The molecule has 0 saturated heterocycles. The largest absolute Gasteiger partial charge is 0.322 e. The van der Waals surface area contributed by atoms with Crippen LogP contribution in [0.4, 0.5) is 5.69 Å². The average molecular weight is 317 g/mol. The van der Waals surface area contributed by atoms with E-state index in [4.69, 9.17) is 28.5 Å². The minimum Gasteiger partial charge on any atom is -0.322 e. The highest BCUT2D eigenvalue weighted by atomic mass is 35.5. The van der Waals surface area contributed by atoms with Gasteiger partial charge in [-0.2, -0.15) is 5.26 Å². The van der Waals surface area contributed by atoms with E-state index in [9.17, 15) is 4.79 Å². The first-order chi connectivity index (χ1) is 10.1. The van der Waals surface area contributed by atoms with Gasteiger partial charge in [0.1, 0.15) is 6.07 Å². The highest BCUT2D eigenvalue weighted by Gasteiger charge is 2.03. The normalized spacial score (nSPS) is 10.3. The molecule has 0 aliphatic rings. The standard InChI is InChI=1S/C16H10Cl2N2O/c17-13-5-1-11(2-6-13)3-8-16(21)20-14-7-4-12(10-19)15(18)9-14/h1-9H,(H,20,21)/b8-3+. The number of rotatable bonds is 3. The third kappa shape index (κ3) is 4.35. The van der Waals surface area contributed by atoms with Crippen molar-refractivity contribution in [3.05, 3.63) is 69.7 Å². The van der Waals surface area contributed by atoms with Crippen molar-refractivity contribution in [1.82, 2.24) is 0 Å². The number of carbonyl (C=O) groups is 1. The van der Waals surface area contributed by atoms with Crippen molar-refractivity contribution in [2.75, 3.05) is 5.32 Å². The summed E-state index contributed by atoms with van der Waals surface area (Å²) in [6, 6.07) is 13.8. The molecule has 0 saturated carbocycles. The molecule has 0 heterocycles. The van der Waals surface area contributed by atoms with E-state index < -0.39 is 0 Å². The summed E-state index contributed by atoms with van der Waals surface area (Å²) in [5, 5.41) is 12.4. The Morgan fingerprint density at radius 2 is 1.86 bits per heavy atom. The Bertz CT molecular complexity index is 731. The van der Waals surface area contributed by atoms with Crippen LogP contribution in [-0.2, 0) is 4.79 Å². The van der Waals surface area contributed by atoms with Gasteiger partial charge in [0.25, 0.3) is 0 Å². The number of nitrogens with one attached hydrogen (secondary N) is 1. The van der Waals surface area contributed by atoms with Gasteiger partial charge in [0.2, 0.25) is 5.91 Å². The number of amides is 1. The zero-order valence-electron chi connectivity index (χ0n) is 10.8. The lowest BCUT2D eigenvalue weighted by atomic mass is 10.2. The Labute approximate surface area is 132 Å². The van der Waals surface area contributed by atoms with Gasteiger partial charge in [0.05, 0.1) is 10.6 Å². The van der Waals surface area contributed by atoms with Gasteiger partial charge in [-0.15, -0.1) is 0 Å². The summed E-state index contributed by atoms with van der Waals surface area (Å²) < 4.78 is 0. The summed E-state index contributed by atoms with van der Waals surface area (Å²) in [6.45, 7) is 0. The molecule has 1 N–H and O–H groups in total. The number of hydrogen-bond donors (Lipinski definition) is 1. The molecular formula is C16H10Cl2N2O. The van der Waals surface area contributed by atoms with Crippen molar-refractivity contribution in [2.45, 2.75) is 0 Å². The minimum atomic E-state index is -0.286. The number of anilines is 1. The first kappa shape index (κ1) is 15.1. The van der Waals surface area contributed by atoms with Gasteiger partial charge in [-0.3, -0.25) is 4.79 Å². The van der Waals surface area contributed by atoms with E-state index in [2.05, 4.69) is 5.32 Å². The molecular weight excluding hydrogens is 307 g/mol. The highest BCUT2D eigenvalue weighted by Crippen LogP contribution is 2.20. The van der Waals surface area contributed by atoms with Crippen molar-refractivity contribution < 1.29 is 4.79 Å². The van der Waals surface area contributed by atoms with Gasteiger partial charge in [-0.25, -0.2) is 0 Å². The lowest BCUT2D eigenvalue weighted by Crippen LogP contribution is -2.07. The second kappa shape index (κ2) is 6.94. The van der Waals surface area contributed by atoms with Crippen molar-refractivity contribution >= 4 is 40.9 Å². The Balaban J connectivity index is 2.03. The van der Waals surface area contributed by atoms with Gasteiger partial charge in [-0.1, -0.05) is 35.3 Å². The van der Waals surface area contributed by atoms with E-state index in [-0.39, 0.29) is 5.91 Å². The zero-order chi connectivity index (χ0) is 15.2. The summed E-state index contributed by atoms with van der Waals surface area (Å²) in [5.41, 5.74) is 1.77. The van der Waals surface area contributed by atoms with Gasteiger partial charge in [-0.05, 0) is 42.0 Å². The molecule has 2 aromatic carbocycles. The van der Waals surface area contributed by atoms with Gasteiger partial charge in [0.15, 0.2) is 0 Å². The van der Waals surface area contributed by atoms with Crippen LogP contribution in [0.25, 0.3) is 6.08 Å². The second-order valence-corrected chi connectivity index (χ2v) is 5.02. The Kier molecular flexibility index (Phi) is 4.99. The second-order valence-electron chi connectivity index (χ2n) is 4.18. The van der Waals surface area contributed by atoms with Crippen LogP contribution in [0.2, 0.25) is 10.0 Å². The molecule has 0 spiro atoms. The van der Waals surface area contributed by atoms with E-state index in [0.29, 0.717) is 21.3 Å². The van der Waals surface area contributed by atoms with E-state index in [1.165, 1.54) is 12.1 Å². The molecule has 104 valence electrons. The number of benzene rings is 2. The predicted octanol–water partition coefficient (Wildman–Crippen LogP) is 4.52. The molecule has 0 aliphatic carbocycles. The van der Waals surface area contributed by atoms with Crippen molar-refractivity contribution in [3.63, 3.8) is 0 Å². The molecule has 0 aliphatic heterocycles. The average Bonchev–Trinajstić information content (AvgIpc) is 2.47. The number of nitrogens with zero attached hydrogens (tertiary/aromatic N) is 1. The molecule has 0 atom stereocenters. The molecule has 2 aromatic rings. The fraction of sp³-hybridized carbons (Fsp3) is 0. The highest BCUT2D eigenvalue weighted by molar-refractivity contribution is 6.32. The lowest BCUT2D eigenvalue weighted by Gasteiger charge is -2.03. The van der Waals surface area contributed by atoms with Crippen LogP contribution in [0.1, 0.15) is 11.1 Å². The van der Waals surface area contributed by atoms with Crippen LogP contribution in [-0.4, -0.2) is 5.91 Å². The van der Waals surface area contributed by atoms with Crippen LogP contribution in [0, 0.1) is 11.3 Å². The van der Waals surface area contributed by atoms with Crippen LogP contribution >= 0.6 is 23.2 Å². The maximum absolute atomic E-state index is 11.8. The molecule has 0 aromatic heterocycles. The quantitative estimate of drug-likeness (QED) is 0.846. The smallest absolute Gasteiger partial charge is 0.248 e. The predicted molar refractivity (Wildman–Crippen MR) is 85.3 cm³/mol. The van der Waals surface area contributed by atoms with E-state index in [1.807, 2.05) is 18.2 Å². The molecule has 1 amide bonds. The van der Waals surface area contributed by atoms with E-state index in [0.717, 1.165) is 5.56 Å². The molecule has 3 nitrogen and oxygen atoms in total. The maximum atomic E-state index is 11.8. The topological polar surface area (TPSA) is 52.9 Å². The summed E-state index contributed by atoms with van der Waals surface area (Å²) in [6.07, 6.45) is 3.09. The molecule has 2 rings (SSSR count). The number of nitriles is 1. The monoisotopic (exact) mass is 316 g/mol.